The van der Waals surface area contributed by atoms with Crippen LogP contribution >= 0.6 is 0 Å². The van der Waals surface area contributed by atoms with Crippen LogP contribution in [0.5, 0.6) is 23.0 Å². The fourth-order valence-corrected chi connectivity index (χ4v) is 8.71. The summed E-state index contributed by atoms with van der Waals surface area (Å²) in [5.41, 5.74) is 11.4. The topological polar surface area (TPSA) is 48.0 Å². The van der Waals surface area contributed by atoms with E-state index in [1.807, 2.05) is 36.4 Å². The molecule has 0 unspecified atom stereocenters. The minimum atomic E-state index is -0.0280. The Bertz CT molecular complexity index is 3070. The van der Waals surface area contributed by atoms with Crippen molar-refractivity contribution in [2.24, 2.45) is 0 Å². The number of fused-ring (bicyclic) bond motifs is 10. The average Bonchev–Trinajstić information content (AvgIpc) is 3.80. The molecule has 0 N–H and O–H groups in total. The summed E-state index contributed by atoms with van der Waals surface area (Å²) < 4.78 is 26.9. The molecule has 0 atom stereocenters. The van der Waals surface area contributed by atoms with Crippen LogP contribution in [0.4, 0.5) is 17.1 Å². The molecule has 0 saturated heterocycles. The fraction of sp³-hybridized carbons (Fsp3) is 0. The van der Waals surface area contributed by atoms with E-state index in [9.17, 15) is 0 Å². The van der Waals surface area contributed by atoms with Gasteiger partial charge in [-0.25, -0.2) is 0 Å². The van der Waals surface area contributed by atoms with Gasteiger partial charge >= 0.3 is 0 Å². The monoisotopic (exact) mass is 693 g/mol. The van der Waals surface area contributed by atoms with Crippen LogP contribution in [0.2, 0.25) is 0 Å². The van der Waals surface area contributed by atoms with Gasteiger partial charge in [0.05, 0.1) is 17.1 Å². The first kappa shape index (κ1) is 29.4. The van der Waals surface area contributed by atoms with Crippen LogP contribution in [0.25, 0.3) is 55.0 Å². The van der Waals surface area contributed by atoms with Crippen LogP contribution in [-0.4, -0.2) is 6.71 Å². The summed E-state index contributed by atoms with van der Waals surface area (Å²) in [6.07, 6.45) is 0. The van der Waals surface area contributed by atoms with E-state index in [2.05, 4.69) is 138 Å². The van der Waals surface area contributed by atoms with Crippen molar-refractivity contribution in [3.8, 4) is 34.1 Å². The molecule has 0 bridgehead atoms. The van der Waals surface area contributed by atoms with Crippen LogP contribution in [0.3, 0.4) is 0 Å². The second kappa shape index (κ2) is 11.2. The number of hydrogen-bond acceptors (Lipinski definition) is 5. The molecule has 0 spiro atoms. The van der Waals surface area contributed by atoms with E-state index < -0.39 is 0 Å². The van der Waals surface area contributed by atoms with Gasteiger partial charge in [-0.2, -0.15) is 0 Å². The normalized spacial score (nSPS) is 12.7. The third-order valence-electron chi connectivity index (χ3n) is 11.0. The summed E-state index contributed by atoms with van der Waals surface area (Å²) in [5.74, 6) is 3.21. The van der Waals surface area contributed by atoms with E-state index in [1.165, 1.54) is 0 Å². The summed E-state index contributed by atoms with van der Waals surface area (Å²) in [7, 11) is 0. The van der Waals surface area contributed by atoms with Crippen molar-refractivity contribution < 1.29 is 18.3 Å². The molecule has 6 heteroatoms. The Morgan fingerprint density at radius 3 is 1.78 bits per heavy atom. The first-order valence-electron chi connectivity index (χ1n) is 18.2. The Labute approximate surface area is 310 Å². The predicted molar refractivity (Wildman–Crippen MR) is 219 cm³/mol. The van der Waals surface area contributed by atoms with Gasteiger partial charge in [0.15, 0.2) is 5.58 Å². The van der Waals surface area contributed by atoms with Gasteiger partial charge in [-0.05, 0) is 59.0 Å². The van der Waals surface area contributed by atoms with Crippen molar-refractivity contribution in [2.45, 2.75) is 0 Å². The Kier molecular flexibility index (Phi) is 6.08. The Hall–Kier alpha value is -7.18. The molecule has 0 radical (unpaired) electrons. The maximum absolute atomic E-state index is 6.82. The number of rotatable bonds is 4. The Balaban J connectivity index is 1.20. The highest BCUT2D eigenvalue weighted by Gasteiger charge is 2.41. The molecule has 10 aromatic rings. The fourth-order valence-electron chi connectivity index (χ4n) is 8.71. The molecular weight excluding hydrogens is 665 g/mol. The lowest BCUT2D eigenvalue weighted by atomic mass is 9.35. The van der Waals surface area contributed by atoms with Crippen LogP contribution in [0, 0.1) is 0 Å². The number of furan rings is 2. The molecule has 4 heterocycles. The molecule has 54 heavy (non-hydrogen) atoms. The van der Waals surface area contributed by atoms with Crippen LogP contribution < -0.4 is 30.8 Å². The second-order valence-electron chi connectivity index (χ2n) is 14.0. The molecule has 8 aromatic carbocycles. The van der Waals surface area contributed by atoms with Crippen LogP contribution in [0.1, 0.15) is 0 Å². The van der Waals surface area contributed by atoms with Gasteiger partial charge in [-0.3, -0.25) is 0 Å². The predicted octanol–water partition coefficient (Wildman–Crippen LogP) is 11.3. The first-order valence-corrected chi connectivity index (χ1v) is 18.2. The van der Waals surface area contributed by atoms with E-state index in [1.54, 1.807) is 0 Å². The van der Waals surface area contributed by atoms with E-state index in [-0.39, 0.29) is 6.71 Å². The summed E-state index contributed by atoms with van der Waals surface area (Å²) in [5, 5.41) is 4.21. The zero-order valence-electron chi connectivity index (χ0n) is 28.8. The van der Waals surface area contributed by atoms with E-state index in [0.717, 1.165) is 111 Å². The summed E-state index contributed by atoms with van der Waals surface area (Å²) in [6.45, 7) is -0.0280. The van der Waals surface area contributed by atoms with Crippen molar-refractivity contribution in [1.29, 1.82) is 0 Å². The van der Waals surface area contributed by atoms with Gasteiger partial charge in [0.1, 0.15) is 39.7 Å². The largest absolute Gasteiger partial charge is 0.458 e. The minimum Gasteiger partial charge on any atom is -0.458 e. The summed E-state index contributed by atoms with van der Waals surface area (Å²) in [4.78, 5) is 2.30. The third kappa shape index (κ3) is 4.16. The summed E-state index contributed by atoms with van der Waals surface area (Å²) >= 11 is 0. The number of para-hydroxylation sites is 5. The SMILES string of the molecule is c1ccc(-c2c(N(c3cc4c5c(c3)Oc3ccccc3B5c3ccccc3O4)c3cccc4c3oc3ccccc34)ccc3oc4ccccc4c23)cc1. The molecule has 2 aliphatic heterocycles. The van der Waals surface area contributed by atoms with Crippen molar-refractivity contribution >= 4 is 84.0 Å². The van der Waals surface area contributed by atoms with E-state index in [4.69, 9.17) is 18.3 Å². The average molecular weight is 694 g/mol. The molecule has 5 nitrogen and oxygen atoms in total. The smallest absolute Gasteiger partial charge is 0.260 e. The number of anilines is 3. The van der Waals surface area contributed by atoms with Crippen LogP contribution in [-0.2, 0) is 0 Å². The molecular formula is C48H28BNO4. The minimum absolute atomic E-state index is 0.0280. The molecule has 0 fully saturated rings. The lowest BCUT2D eigenvalue weighted by Gasteiger charge is -2.35. The van der Waals surface area contributed by atoms with Crippen molar-refractivity contribution in [3.05, 3.63) is 170 Å². The van der Waals surface area contributed by atoms with Crippen molar-refractivity contribution in [1.82, 2.24) is 0 Å². The van der Waals surface area contributed by atoms with Gasteiger partial charge in [-0.15, -0.1) is 0 Å². The Morgan fingerprint density at radius 2 is 1.04 bits per heavy atom. The lowest BCUT2D eigenvalue weighted by molar-refractivity contribution is 0.465. The summed E-state index contributed by atoms with van der Waals surface area (Å²) in [6, 6.07) is 58.7. The van der Waals surface area contributed by atoms with E-state index >= 15 is 0 Å². The zero-order chi connectivity index (χ0) is 35.3. The first-order chi connectivity index (χ1) is 26.8. The van der Waals surface area contributed by atoms with Gasteiger partial charge < -0.3 is 23.2 Å². The Morgan fingerprint density at radius 1 is 0.426 bits per heavy atom. The maximum atomic E-state index is 6.82. The third-order valence-corrected chi connectivity index (χ3v) is 11.0. The number of hydrogen-bond donors (Lipinski definition) is 0. The van der Waals surface area contributed by atoms with E-state index in [0.29, 0.717) is 0 Å². The molecule has 12 rings (SSSR count). The standard InChI is InChI=1S/C48H28BNO4/c1-2-13-29(14-3-1)45-36(25-26-42-46(45)33-16-5-9-22-39(33)51-42)50(37-20-12-17-32-31-15-4-8-21-38(31)54-48(32)37)30-27-43-47-44(28-30)53-41-24-11-7-19-35(41)49(47)34-18-6-10-23-40(34)52-43/h1-28H. The lowest BCUT2D eigenvalue weighted by Crippen LogP contribution is -2.57. The number of benzene rings is 8. The highest BCUT2D eigenvalue weighted by atomic mass is 16.5. The zero-order valence-corrected chi connectivity index (χ0v) is 28.8. The second-order valence-corrected chi connectivity index (χ2v) is 14.0. The van der Waals surface area contributed by atoms with Gasteiger partial charge in [0.2, 0.25) is 0 Å². The molecule has 252 valence electrons. The maximum Gasteiger partial charge on any atom is 0.260 e. The van der Waals surface area contributed by atoms with Crippen LogP contribution in [0.15, 0.2) is 179 Å². The molecule has 2 aromatic heterocycles. The highest BCUT2D eigenvalue weighted by Crippen LogP contribution is 2.51. The van der Waals surface area contributed by atoms with Gasteiger partial charge in [0, 0.05) is 44.7 Å². The number of nitrogens with zero attached hydrogens (tertiary/aromatic N) is 1. The molecule has 0 aliphatic carbocycles. The quantitative estimate of drug-likeness (QED) is 0.172. The van der Waals surface area contributed by atoms with Gasteiger partial charge in [0.25, 0.3) is 6.71 Å². The van der Waals surface area contributed by atoms with Crippen molar-refractivity contribution in [3.63, 3.8) is 0 Å². The number of ether oxygens (including phenoxy) is 2. The van der Waals surface area contributed by atoms with Crippen molar-refractivity contribution in [2.75, 3.05) is 4.90 Å². The highest BCUT2D eigenvalue weighted by molar-refractivity contribution is 6.98. The molecule has 0 amide bonds. The van der Waals surface area contributed by atoms with Gasteiger partial charge in [-0.1, -0.05) is 115 Å². The molecule has 0 saturated carbocycles. The molecule has 2 aliphatic rings.